The van der Waals surface area contributed by atoms with E-state index in [9.17, 15) is 13.2 Å². The summed E-state index contributed by atoms with van der Waals surface area (Å²) in [5.41, 5.74) is -0.169. The SMILES string of the molecule is CC(C)NCc1ncnn1-c1cc(F)c(F)cc1F. The second kappa shape index (κ2) is 5.40. The van der Waals surface area contributed by atoms with Gasteiger partial charge >= 0.3 is 0 Å². The molecule has 0 amide bonds. The van der Waals surface area contributed by atoms with Gasteiger partial charge in [-0.1, -0.05) is 13.8 Å². The molecule has 1 N–H and O–H groups in total. The largest absolute Gasteiger partial charge is 0.308 e. The van der Waals surface area contributed by atoms with E-state index in [1.807, 2.05) is 13.8 Å². The number of hydrogen-bond acceptors (Lipinski definition) is 3. The zero-order chi connectivity index (χ0) is 14.0. The Bertz CT molecular complexity index is 580. The van der Waals surface area contributed by atoms with Crippen LogP contribution in [0.2, 0.25) is 0 Å². The van der Waals surface area contributed by atoms with Gasteiger partial charge in [-0.2, -0.15) is 5.10 Å². The molecule has 102 valence electrons. The number of nitrogens with zero attached hydrogens (tertiary/aromatic N) is 3. The summed E-state index contributed by atoms with van der Waals surface area (Å²) < 4.78 is 40.9. The molecule has 2 rings (SSSR count). The second-order valence-electron chi connectivity index (χ2n) is 4.34. The Morgan fingerprint density at radius 2 is 1.84 bits per heavy atom. The summed E-state index contributed by atoms with van der Waals surface area (Å²) in [5, 5.41) is 6.92. The van der Waals surface area contributed by atoms with Crippen LogP contribution in [0.15, 0.2) is 18.5 Å². The van der Waals surface area contributed by atoms with E-state index in [1.54, 1.807) is 0 Å². The fourth-order valence-corrected chi connectivity index (χ4v) is 1.56. The lowest BCUT2D eigenvalue weighted by atomic mass is 10.3. The van der Waals surface area contributed by atoms with Crippen molar-refractivity contribution in [3.63, 3.8) is 0 Å². The van der Waals surface area contributed by atoms with E-state index in [2.05, 4.69) is 15.4 Å². The van der Waals surface area contributed by atoms with Crippen LogP contribution in [0.1, 0.15) is 19.7 Å². The van der Waals surface area contributed by atoms with Crippen molar-refractivity contribution in [1.29, 1.82) is 0 Å². The molecular formula is C12H13F3N4. The van der Waals surface area contributed by atoms with Crippen LogP contribution in [0.3, 0.4) is 0 Å². The number of aromatic nitrogens is 3. The highest BCUT2D eigenvalue weighted by Crippen LogP contribution is 2.18. The Balaban J connectivity index is 2.37. The molecule has 0 aliphatic carbocycles. The Labute approximate surface area is 108 Å². The highest BCUT2D eigenvalue weighted by atomic mass is 19.2. The maximum Gasteiger partial charge on any atom is 0.161 e. The zero-order valence-electron chi connectivity index (χ0n) is 10.5. The van der Waals surface area contributed by atoms with Gasteiger partial charge in [-0.15, -0.1) is 0 Å². The molecule has 0 bridgehead atoms. The predicted molar refractivity (Wildman–Crippen MR) is 63.2 cm³/mol. The van der Waals surface area contributed by atoms with Crippen molar-refractivity contribution in [3.05, 3.63) is 41.7 Å². The van der Waals surface area contributed by atoms with Crippen molar-refractivity contribution >= 4 is 0 Å². The summed E-state index contributed by atoms with van der Waals surface area (Å²) in [6.45, 7) is 4.23. The molecule has 1 heterocycles. The summed E-state index contributed by atoms with van der Waals surface area (Å²) in [6, 6.07) is 1.46. The lowest BCUT2D eigenvalue weighted by Crippen LogP contribution is -2.24. The van der Waals surface area contributed by atoms with Gasteiger partial charge in [0, 0.05) is 18.2 Å². The number of halogens is 3. The Morgan fingerprint density at radius 3 is 2.53 bits per heavy atom. The van der Waals surface area contributed by atoms with Gasteiger partial charge in [0.1, 0.15) is 17.8 Å². The molecule has 0 saturated heterocycles. The average Bonchev–Trinajstić information content (AvgIpc) is 2.79. The van der Waals surface area contributed by atoms with E-state index in [0.29, 0.717) is 18.4 Å². The molecular weight excluding hydrogens is 257 g/mol. The molecule has 0 unspecified atom stereocenters. The van der Waals surface area contributed by atoms with Crippen molar-refractivity contribution in [2.45, 2.75) is 26.4 Å². The molecule has 1 aromatic heterocycles. The number of benzene rings is 1. The van der Waals surface area contributed by atoms with Gasteiger partial charge in [-0.3, -0.25) is 0 Å². The fourth-order valence-electron chi connectivity index (χ4n) is 1.56. The van der Waals surface area contributed by atoms with Crippen molar-refractivity contribution in [1.82, 2.24) is 20.1 Å². The van der Waals surface area contributed by atoms with E-state index in [1.165, 1.54) is 6.33 Å². The van der Waals surface area contributed by atoms with Gasteiger partial charge in [0.05, 0.1) is 6.54 Å². The first kappa shape index (κ1) is 13.5. The van der Waals surface area contributed by atoms with Gasteiger partial charge in [-0.05, 0) is 0 Å². The highest BCUT2D eigenvalue weighted by molar-refractivity contribution is 5.34. The monoisotopic (exact) mass is 270 g/mol. The van der Waals surface area contributed by atoms with E-state index >= 15 is 0 Å². The van der Waals surface area contributed by atoms with Gasteiger partial charge in [0.15, 0.2) is 17.5 Å². The molecule has 19 heavy (non-hydrogen) atoms. The van der Waals surface area contributed by atoms with Crippen LogP contribution in [0.25, 0.3) is 5.69 Å². The zero-order valence-corrected chi connectivity index (χ0v) is 10.5. The topological polar surface area (TPSA) is 42.7 Å². The van der Waals surface area contributed by atoms with Crippen LogP contribution in [-0.4, -0.2) is 20.8 Å². The summed E-state index contributed by atoms with van der Waals surface area (Å²) in [5.74, 6) is -2.84. The average molecular weight is 270 g/mol. The van der Waals surface area contributed by atoms with Crippen molar-refractivity contribution in [3.8, 4) is 5.69 Å². The maximum absolute atomic E-state index is 13.7. The lowest BCUT2D eigenvalue weighted by Gasteiger charge is -2.10. The van der Waals surface area contributed by atoms with Crippen molar-refractivity contribution < 1.29 is 13.2 Å². The van der Waals surface area contributed by atoms with Crippen LogP contribution in [0, 0.1) is 17.5 Å². The number of hydrogen-bond donors (Lipinski definition) is 1. The molecule has 1 aromatic carbocycles. The van der Waals surface area contributed by atoms with Gasteiger partial charge in [-0.25, -0.2) is 22.8 Å². The fraction of sp³-hybridized carbons (Fsp3) is 0.333. The molecule has 0 aliphatic rings. The first-order valence-corrected chi connectivity index (χ1v) is 5.76. The minimum absolute atomic E-state index is 0.169. The molecule has 4 nitrogen and oxygen atoms in total. The van der Waals surface area contributed by atoms with E-state index in [4.69, 9.17) is 0 Å². The lowest BCUT2D eigenvalue weighted by molar-refractivity contribution is 0.489. The molecule has 0 saturated carbocycles. The predicted octanol–water partition coefficient (Wildman–Crippen LogP) is 2.18. The summed E-state index contributed by atoms with van der Waals surface area (Å²) in [4.78, 5) is 3.96. The molecule has 2 aromatic rings. The van der Waals surface area contributed by atoms with Crippen LogP contribution in [0.4, 0.5) is 13.2 Å². The minimum atomic E-state index is -1.23. The van der Waals surface area contributed by atoms with Gasteiger partial charge in [0.2, 0.25) is 0 Å². The van der Waals surface area contributed by atoms with Gasteiger partial charge in [0.25, 0.3) is 0 Å². The van der Waals surface area contributed by atoms with Crippen LogP contribution >= 0.6 is 0 Å². The first-order valence-electron chi connectivity index (χ1n) is 5.76. The molecule has 7 heteroatoms. The summed E-state index contributed by atoms with van der Waals surface area (Å²) in [6.07, 6.45) is 1.23. The molecule has 0 atom stereocenters. The van der Waals surface area contributed by atoms with Crippen LogP contribution in [-0.2, 0) is 6.54 Å². The molecule has 0 spiro atoms. The number of nitrogens with one attached hydrogen (secondary N) is 1. The normalized spacial score (nSPS) is 11.3. The highest BCUT2D eigenvalue weighted by Gasteiger charge is 2.15. The molecule has 0 radical (unpaired) electrons. The number of rotatable bonds is 4. The Hall–Kier alpha value is -1.89. The quantitative estimate of drug-likeness (QED) is 0.866. The van der Waals surface area contributed by atoms with E-state index < -0.39 is 17.5 Å². The van der Waals surface area contributed by atoms with E-state index in [-0.39, 0.29) is 11.7 Å². The Morgan fingerprint density at radius 1 is 1.16 bits per heavy atom. The Kier molecular flexibility index (Phi) is 3.84. The van der Waals surface area contributed by atoms with Crippen LogP contribution in [0.5, 0.6) is 0 Å². The smallest absolute Gasteiger partial charge is 0.161 e. The first-order chi connectivity index (χ1) is 8.99. The summed E-state index contributed by atoms with van der Waals surface area (Å²) in [7, 11) is 0. The minimum Gasteiger partial charge on any atom is -0.308 e. The van der Waals surface area contributed by atoms with Crippen molar-refractivity contribution in [2.75, 3.05) is 0 Å². The molecule has 0 aliphatic heterocycles. The third-order valence-electron chi connectivity index (χ3n) is 2.50. The molecule has 0 fully saturated rings. The third-order valence-corrected chi connectivity index (χ3v) is 2.50. The second-order valence-corrected chi connectivity index (χ2v) is 4.34. The van der Waals surface area contributed by atoms with Crippen molar-refractivity contribution in [2.24, 2.45) is 0 Å². The maximum atomic E-state index is 13.7. The van der Waals surface area contributed by atoms with Crippen LogP contribution < -0.4 is 5.32 Å². The standard InChI is InChI=1S/C12H13F3N4/c1-7(2)16-5-12-17-6-18-19(12)11-4-9(14)8(13)3-10(11)15/h3-4,6-7,16H,5H2,1-2H3. The third kappa shape index (κ3) is 2.93. The van der Waals surface area contributed by atoms with Gasteiger partial charge < -0.3 is 5.32 Å². The van der Waals surface area contributed by atoms with E-state index in [0.717, 1.165) is 10.7 Å². The summed E-state index contributed by atoms with van der Waals surface area (Å²) >= 11 is 0.